The van der Waals surface area contributed by atoms with Crippen molar-refractivity contribution < 1.29 is 23.8 Å². The van der Waals surface area contributed by atoms with Gasteiger partial charge in [-0.25, -0.2) is 4.68 Å². The van der Waals surface area contributed by atoms with Gasteiger partial charge in [0, 0.05) is 24.6 Å². The highest BCUT2D eigenvalue weighted by Crippen LogP contribution is 2.52. The van der Waals surface area contributed by atoms with E-state index in [2.05, 4.69) is 40.8 Å². The fraction of sp³-hybridized carbons (Fsp3) is 0.292. The van der Waals surface area contributed by atoms with Crippen molar-refractivity contribution in [1.82, 2.24) is 9.78 Å². The van der Waals surface area contributed by atoms with Crippen LogP contribution in [0.15, 0.2) is 57.1 Å². The highest BCUT2D eigenvalue weighted by molar-refractivity contribution is 7.66. The van der Waals surface area contributed by atoms with Crippen LogP contribution in [-0.4, -0.2) is 27.8 Å². The maximum atomic E-state index is 13.8. The minimum absolute atomic E-state index is 0.0573. The fourth-order valence-electron chi connectivity index (χ4n) is 3.61. The molecule has 196 valence electrons. The van der Waals surface area contributed by atoms with E-state index >= 15 is 0 Å². The molecule has 1 aliphatic heterocycles. The quantitative estimate of drug-likeness (QED) is 0.215. The van der Waals surface area contributed by atoms with Crippen molar-refractivity contribution in [2.24, 2.45) is 16.1 Å². The lowest BCUT2D eigenvalue weighted by atomic mass is 9.92. The van der Waals surface area contributed by atoms with Gasteiger partial charge in [-0.2, -0.15) is 27.1 Å². The summed E-state index contributed by atoms with van der Waals surface area (Å²) in [6.45, 7) is 6.51. The molecule has 0 spiro atoms. The Morgan fingerprint density at radius 1 is 1.27 bits per heavy atom. The minimum Gasteiger partial charge on any atom is -0.505 e. The van der Waals surface area contributed by atoms with Crippen LogP contribution in [0.2, 0.25) is 0 Å². The fourth-order valence-corrected chi connectivity index (χ4v) is 5.78. The maximum absolute atomic E-state index is 13.8. The van der Waals surface area contributed by atoms with Crippen LogP contribution in [0.4, 0.5) is 5.69 Å². The first-order chi connectivity index (χ1) is 17.6. The summed E-state index contributed by atoms with van der Waals surface area (Å²) < 4.78 is 30.1. The van der Waals surface area contributed by atoms with Gasteiger partial charge in [0.1, 0.15) is 29.5 Å². The number of anilines is 1. The zero-order valence-electron chi connectivity index (χ0n) is 20.8. The molecule has 0 aliphatic carbocycles. The molecule has 4 N–H and O–H groups in total. The molecule has 3 heterocycles. The molecular formula is C24H28N5O6PS. The van der Waals surface area contributed by atoms with Crippen LogP contribution in [0, 0.1) is 5.41 Å². The van der Waals surface area contributed by atoms with Crippen LogP contribution in [0.25, 0.3) is 11.3 Å². The molecular weight excluding hydrogens is 517 g/mol. The van der Waals surface area contributed by atoms with E-state index in [1.807, 2.05) is 10.8 Å². The number of aromatic nitrogens is 2. The van der Waals surface area contributed by atoms with Crippen LogP contribution >= 0.6 is 18.9 Å². The highest BCUT2D eigenvalue weighted by Gasteiger charge is 2.36. The number of rotatable bonds is 8. The lowest BCUT2D eigenvalue weighted by molar-refractivity contribution is 0.250. The Balaban J connectivity index is 1.85. The summed E-state index contributed by atoms with van der Waals surface area (Å²) in [4.78, 5) is 17.9. The Bertz CT molecular complexity index is 1460. The molecule has 13 heteroatoms. The molecule has 0 amide bonds. The van der Waals surface area contributed by atoms with E-state index in [-0.39, 0.29) is 33.6 Å². The second-order valence-corrected chi connectivity index (χ2v) is 12.3. The molecule has 0 saturated heterocycles. The van der Waals surface area contributed by atoms with Gasteiger partial charge >= 0.3 is 7.52 Å². The first kappa shape index (κ1) is 26.6. The normalized spacial score (nSPS) is 17.3. The van der Waals surface area contributed by atoms with Gasteiger partial charge in [-0.15, -0.1) is 0 Å². The van der Waals surface area contributed by atoms with Crippen molar-refractivity contribution in [3.63, 3.8) is 0 Å². The van der Waals surface area contributed by atoms with Crippen molar-refractivity contribution in [1.29, 1.82) is 0 Å². The summed E-state index contributed by atoms with van der Waals surface area (Å²) in [7, 11) is -2.59. The lowest BCUT2D eigenvalue weighted by Crippen LogP contribution is -2.35. The van der Waals surface area contributed by atoms with E-state index in [0.717, 1.165) is 6.26 Å². The first-order valence-electron chi connectivity index (χ1n) is 11.3. The SMILES string of the molecule is COP1(=O)N=C(c2c(O)c(-c3ccsc3)nn(CCC(C)(C)C)c2=O)Nc2ccc(O/C=C/ON)cc21. The van der Waals surface area contributed by atoms with Gasteiger partial charge in [-0.3, -0.25) is 9.36 Å². The van der Waals surface area contributed by atoms with Gasteiger partial charge in [0.15, 0.2) is 11.6 Å². The number of hydrogen-bond acceptors (Lipinski definition) is 10. The van der Waals surface area contributed by atoms with Crippen LogP contribution in [0.3, 0.4) is 0 Å². The molecule has 1 atom stereocenters. The summed E-state index contributed by atoms with van der Waals surface area (Å²) in [5.74, 6) is 4.84. The smallest absolute Gasteiger partial charge is 0.348 e. The van der Waals surface area contributed by atoms with E-state index in [1.54, 1.807) is 18.2 Å². The number of fused-ring (bicyclic) bond motifs is 1. The summed E-state index contributed by atoms with van der Waals surface area (Å²) in [5, 5.41) is 22.6. The first-order valence-corrected chi connectivity index (χ1v) is 13.8. The Morgan fingerprint density at radius 2 is 2.05 bits per heavy atom. The van der Waals surface area contributed by atoms with Gasteiger partial charge in [0.2, 0.25) is 0 Å². The molecule has 1 unspecified atom stereocenters. The highest BCUT2D eigenvalue weighted by atomic mass is 32.1. The van der Waals surface area contributed by atoms with Gasteiger partial charge in [-0.05, 0) is 41.5 Å². The second kappa shape index (κ2) is 10.5. The van der Waals surface area contributed by atoms with E-state index in [1.165, 1.54) is 35.5 Å². The monoisotopic (exact) mass is 545 g/mol. The van der Waals surface area contributed by atoms with Gasteiger partial charge in [0.05, 0.1) is 11.0 Å². The number of ether oxygens (including phenoxy) is 1. The molecule has 1 aliphatic rings. The van der Waals surface area contributed by atoms with Crippen LogP contribution < -0.4 is 26.8 Å². The Labute approximate surface area is 217 Å². The van der Waals surface area contributed by atoms with Gasteiger partial charge in [0.25, 0.3) is 5.56 Å². The van der Waals surface area contributed by atoms with Crippen molar-refractivity contribution in [3.8, 4) is 22.8 Å². The van der Waals surface area contributed by atoms with E-state index in [4.69, 9.17) is 15.2 Å². The number of amidine groups is 1. The number of aryl methyl sites for hydroxylation is 1. The molecule has 4 rings (SSSR count). The van der Waals surface area contributed by atoms with Crippen LogP contribution in [-0.2, 0) is 20.5 Å². The molecule has 1 aromatic carbocycles. The zero-order valence-corrected chi connectivity index (χ0v) is 22.5. The number of hydrogen-bond donors (Lipinski definition) is 3. The van der Waals surface area contributed by atoms with Crippen molar-refractivity contribution in [3.05, 3.63) is 63.5 Å². The second-order valence-electron chi connectivity index (χ2n) is 9.40. The number of nitrogens with zero attached hydrogens (tertiary/aromatic N) is 3. The van der Waals surface area contributed by atoms with Crippen LogP contribution in [0.5, 0.6) is 11.5 Å². The maximum Gasteiger partial charge on any atom is 0.348 e. The van der Waals surface area contributed by atoms with Crippen molar-refractivity contribution in [2.45, 2.75) is 33.7 Å². The third-order valence-corrected chi connectivity index (χ3v) is 8.20. The molecule has 11 nitrogen and oxygen atoms in total. The topological polar surface area (TPSA) is 150 Å². The Hall–Kier alpha value is -3.44. The molecule has 0 saturated carbocycles. The number of nitrogens with one attached hydrogen (secondary N) is 1. The summed E-state index contributed by atoms with van der Waals surface area (Å²) >= 11 is 1.43. The number of nitrogens with two attached hydrogens (primary N) is 1. The number of benzene rings is 1. The molecule has 37 heavy (non-hydrogen) atoms. The van der Waals surface area contributed by atoms with E-state index in [9.17, 15) is 14.5 Å². The van der Waals surface area contributed by atoms with Gasteiger partial charge in [-0.1, -0.05) is 20.8 Å². The molecule has 2 aromatic heterocycles. The summed E-state index contributed by atoms with van der Waals surface area (Å²) in [6, 6.07) is 6.52. The lowest BCUT2D eigenvalue weighted by Gasteiger charge is -2.25. The molecule has 0 radical (unpaired) electrons. The Morgan fingerprint density at radius 3 is 2.70 bits per heavy atom. The van der Waals surface area contributed by atoms with Gasteiger partial charge < -0.3 is 24.5 Å². The zero-order chi connectivity index (χ0) is 26.8. The van der Waals surface area contributed by atoms with E-state index < -0.39 is 13.1 Å². The largest absolute Gasteiger partial charge is 0.505 e. The predicted molar refractivity (Wildman–Crippen MR) is 143 cm³/mol. The standard InChI is InChI=1S/C24H28N5O6PS/c1-24(2,3)8-9-29-23(31)19(21(30)20(27-29)15-7-12-37-14-15)22-26-17-6-5-16(34-10-11-35-25)13-18(17)36(32,28-22)33-4/h5-7,10-14,30H,8-9,25H2,1-4H3,(H,26,28,32)/b11-10+. The van der Waals surface area contributed by atoms with Crippen molar-refractivity contribution in [2.75, 3.05) is 12.4 Å². The predicted octanol–water partition coefficient (Wildman–Crippen LogP) is 4.19. The number of aromatic hydroxyl groups is 1. The molecule has 0 fully saturated rings. The average Bonchev–Trinajstić information content (AvgIpc) is 3.38. The van der Waals surface area contributed by atoms with Crippen LogP contribution in [0.1, 0.15) is 32.8 Å². The van der Waals surface area contributed by atoms with Crippen molar-refractivity contribution >= 4 is 35.7 Å². The third-order valence-electron chi connectivity index (χ3n) is 5.58. The minimum atomic E-state index is -3.86. The summed E-state index contributed by atoms with van der Waals surface area (Å²) in [5.41, 5.74) is 0.497. The molecule has 3 aromatic rings. The Kier molecular flexibility index (Phi) is 7.56. The summed E-state index contributed by atoms with van der Waals surface area (Å²) in [6.07, 6.45) is 3.01. The third kappa shape index (κ3) is 5.62. The average molecular weight is 546 g/mol. The van der Waals surface area contributed by atoms with E-state index in [0.29, 0.717) is 30.0 Å². The molecule has 0 bridgehead atoms. The number of thiophene rings is 1.